The molecule has 0 saturated carbocycles. The number of benzene rings is 1. The highest BCUT2D eigenvalue weighted by atomic mass is 79.9. The Morgan fingerprint density at radius 3 is 2.78 bits per heavy atom. The van der Waals surface area contributed by atoms with E-state index < -0.39 is 0 Å². The summed E-state index contributed by atoms with van der Waals surface area (Å²) in [5.74, 6) is 1.33. The molecule has 0 spiro atoms. The van der Waals surface area contributed by atoms with Gasteiger partial charge in [0, 0.05) is 0 Å². The molecule has 1 heterocycles. The summed E-state index contributed by atoms with van der Waals surface area (Å²) in [5, 5.41) is 3.97. The van der Waals surface area contributed by atoms with Gasteiger partial charge in [0.05, 0.1) is 10.7 Å². The van der Waals surface area contributed by atoms with Gasteiger partial charge in [0.25, 0.3) is 5.91 Å². The number of hydrogen-bond acceptors (Lipinski definition) is 4. The number of ether oxygens (including phenoxy) is 1. The van der Waals surface area contributed by atoms with Gasteiger partial charge in [-0.1, -0.05) is 19.9 Å². The van der Waals surface area contributed by atoms with E-state index in [-0.39, 0.29) is 12.5 Å². The molecule has 1 aromatic heterocycles. The van der Waals surface area contributed by atoms with Crippen LogP contribution in [-0.4, -0.2) is 18.2 Å². The zero-order chi connectivity index (χ0) is 16.8. The first kappa shape index (κ1) is 17.3. The van der Waals surface area contributed by atoms with Crippen molar-refractivity contribution in [2.45, 2.75) is 26.7 Å². The number of rotatable bonds is 6. The van der Waals surface area contributed by atoms with Gasteiger partial charge in [-0.3, -0.25) is 4.79 Å². The lowest BCUT2D eigenvalue weighted by atomic mass is 10.0. The van der Waals surface area contributed by atoms with Crippen LogP contribution >= 0.6 is 15.9 Å². The molecule has 5 nitrogen and oxygen atoms in total. The SMILES string of the molecule is C/C(=N\NC(=O)COc1ccc(C(C)C)cc1Br)c1ccco1. The molecular weight excluding hydrogens is 360 g/mol. The van der Waals surface area contributed by atoms with E-state index in [1.807, 2.05) is 18.2 Å². The Bertz CT molecular complexity index is 694. The Labute approximate surface area is 143 Å². The Hall–Kier alpha value is -2.08. The minimum atomic E-state index is -0.337. The van der Waals surface area contributed by atoms with E-state index in [1.165, 1.54) is 5.56 Å². The zero-order valence-corrected chi connectivity index (χ0v) is 14.9. The summed E-state index contributed by atoms with van der Waals surface area (Å²) < 4.78 is 11.5. The Balaban J connectivity index is 1.88. The fourth-order valence-corrected chi connectivity index (χ4v) is 2.37. The summed E-state index contributed by atoms with van der Waals surface area (Å²) >= 11 is 3.46. The molecule has 1 aromatic carbocycles. The third-order valence-corrected chi connectivity index (χ3v) is 3.83. The second-order valence-corrected chi connectivity index (χ2v) is 6.20. The molecule has 0 aliphatic rings. The molecule has 23 heavy (non-hydrogen) atoms. The number of nitrogens with one attached hydrogen (secondary N) is 1. The van der Waals surface area contributed by atoms with Gasteiger partial charge in [-0.2, -0.15) is 5.10 Å². The van der Waals surface area contributed by atoms with Crippen molar-refractivity contribution >= 4 is 27.5 Å². The molecule has 6 heteroatoms. The smallest absolute Gasteiger partial charge is 0.277 e. The van der Waals surface area contributed by atoms with Crippen LogP contribution in [-0.2, 0) is 4.79 Å². The first-order chi connectivity index (χ1) is 11.0. The molecular formula is C17H19BrN2O3. The Kier molecular flexibility index (Phi) is 5.98. The number of amides is 1. The van der Waals surface area contributed by atoms with Crippen molar-refractivity contribution in [3.05, 3.63) is 52.4 Å². The van der Waals surface area contributed by atoms with Crippen LogP contribution in [0.25, 0.3) is 0 Å². The number of halogens is 1. The third-order valence-electron chi connectivity index (χ3n) is 3.21. The summed E-state index contributed by atoms with van der Waals surface area (Å²) in [7, 11) is 0. The summed E-state index contributed by atoms with van der Waals surface area (Å²) in [6, 6.07) is 9.37. The van der Waals surface area contributed by atoms with Gasteiger partial charge in [0.15, 0.2) is 6.61 Å². The lowest BCUT2D eigenvalue weighted by molar-refractivity contribution is -0.123. The van der Waals surface area contributed by atoms with Gasteiger partial charge in [-0.15, -0.1) is 0 Å². The van der Waals surface area contributed by atoms with E-state index in [0.29, 0.717) is 23.1 Å². The summed E-state index contributed by atoms with van der Waals surface area (Å²) in [6.45, 7) is 5.87. The second-order valence-electron chi connectivity index (χ2n) is 5.34. The molecule has 0 radical (unpaired) electrons. The van der Waals surface area contributed by atoms with Gasteiger partial charge in [-0.25, -0.2) is 5.43 Å². The maximum atomic E-state index is 11.8. The summed E-state index contributed by atoms with van der Waals surface area (Å²) in [6.07, 6.45) is 1.55. The monoisotopic (exact) mass is 378 g/mol. The lowest BCUT2D eigenvalue weighted by Crippen LogP contribution is -2.25. The van der Waals surface area contributed by atoms with Crippen LogP contribution in [0.1, 0.15) is 38.0 Å². The molecule has 0 aliphatic carbocycles. The van der Waals surface area contributed by atoms with Crippen LogP contribution in [0.2, 0.25) is 0 Å². The van der Waals surface area contributed by atoms with E-state index in [0.717, 1.165) is 4.47 Å². The molecule has 0 atom stereocenters. The van der Waals surface area contributed by atoms with Crippen LogP contribution < -0.4 is 10.2 Å². The fraction of sp³-hybridized carbons (Fsp3) is 0.294. The van der Waals surface area contributed by atoms with Crippen molar-refractivity contribution in [1.82, 2.24) is 5.43 Å². The average molecular weight is 379 g/mol. The number of carbonyl (C=O) groups excluding carboxylic acids is 1. The number of carbonyl (C=O) groups is 1. The Morgan fingerprint density at radius 1 is 1.39 bits per heavy atom. The molecule has 2 rings (SSSR count). The van der Waals surface area contributed by atoms with Crippen molar-refractivity contribution in [1.29, 1.82) is 0 Å². The highest BCUT2D eigenvalue weighted by Gasteiger charge is 2.08. The molecule has 1 N–H and O–H groups in total. The van der Waals surface area contributed by atoms with Gasteiger partial charge in [0.1, 0.15) is 17.2 Å². The van der Waals surface area contributed by atoms with Crippen LogP contribution in [0.4, 0.5) is 0 Å². The van der Waals surface area contributed by atoms with Crippen molar-refractivity contribution in [2.24, 2.45) is 5.10 Å². The minimum Gasteiger partial charge on any atom is -0.483 e. The molecule has 2 aromatic rings. The normalized spacial score (nSPS) is 11.6. The molecule has 0 bridgehead atoms. The largest absolute Gasteiger partial charge is 0.483 e. The summed E-state index contributed by atoms with van der Waals surface area (Å²) in [5.41, 5.74) is 4.23. The van der Waals surface area contributed by atoms with Crippen LogP contribution in [0, 0.1) is 0 Å². The van der Waals surface area contributed by atoms with Crippen molar-refractivity contribution in [2.75, 3.05) is 6.61 Å². The average Bonchev–Trinajstić information content (AvgIpc) is 3.05. The highest BCUT2D eigenvalue weighted by Crippen LogP contribution is 2.28. The Morgan fingerprint density at radius 2 is 2.17 bits per heavy atom. The quantitative estimate of drug-likeness (QED) is 0.608. The maximum absolute atomic E-state index is 11.8. The van der Waals surface area contributed by atoms with E-state index >= 15 is 0 Å². The predicted molar refractivity (Wildman–Crippen MR) is 92.8 cm³/mol. The van der Waals surface area contributed by atoms with Gasteiger partial charge in [0.2, 0.25) is 0 Å². The number of hydrazone groups is 1. The standard InChI is InChI=1S/C17H19BrN2O3/c1-11(2)13-6-7-16(14(18)9-13)23-10-17(21)20-19-12(3)15-5-4-8-22-15/h4-9,11H,10H2,1-3H3,(H,20,21)/b19-12+. The van der Waals surface area contributed by atoms with Crippen LogP contribution in [0.3, 0.4) is 0 Å². The first-order valence-corrected chi connectivity index (χ1v) is 8.06. The molecule has 0 aliphatic heterocycles. The maximum Gasteiger partial charge on any atom is 0.277 e. The zero-order valence-electron chi connectivity index (χ0n) is 13.3. The predicted octanol–water partition coefficient (Wildman–Crippen LogP) is 4.08. The van der Waals surface area contributed by atoms with Crippen molar-refractivity contribution in [3.63, 3.8) is 0 Å². The van der Waals surface area contributed by atoms with Crippen molar-refractivity contribution < 1.29 is 13.9 Å². The van der Waals surface area contributed by atoms with Crippen LogP contribution in [0.5, 0.6) is 5.75 Å². The van der Waals surface area contributed by atoms with E-state index in [1.54, 1.807) is 25.3 Å². The topological polar surface area (TPSA) is 63.8 Å². The summed E-state index contributed by atoms with van der Waals surface area (Å²) in [4.78, 5) is 11.8. The number of furan rings is 1. The third kappa shape index (κ3) is 4.96. The van der Waals surface area contributed by atoms with Gasteiger partial charge >= 0.3 is 0 Å². The van der Waals surface area contributed by atoms with Crippen molar-refractivity contribution in [3.8, 4) is 5.75 Å². The number of hydrogen-bond donors (Lipinski definition) is 1. The molecule has 0 fully saturated rings. The lowest BCUT2D eigenvalue weighted by Gasteiger charge is -2.11. The molecule has 1 amide bonds. The van der Waals surface area contributed by atoms with Crippen LogP contribution in [0.15, 0.2) is 50.6 Å². The van der Waals surface area contributed by atoms with Gasteiger partial charge in [-0.05, 0) is 58.6 Å². The van der Waals surface area contributed by atoms with E-state index in [9.17, 15) is 4.79 Å². The molecule has 0 unspecified atom stereocenters. The van der Waals surface area contributed by atoms with E-state index in [4.69, 9.17) is 9.15 Å². The second kappa shape index (κ2) is 7.97. The number of nitrogens with zero attached hydrogens (tertiary/aromatic N) is 1. The van der Waals surface area contributed by atoms with Gasteiger partial charge < -0.3 is 9.15 Å². The molecule has 122 valence electrons. The highest BCUT2D eigenvalue weighted by molar-refractivity contribution is 9.10. The van der Waals surface area contributed by atoms with E-state index in [2.05, 4.69) is 40.3 Å². The minimum absolute atomic E-state index is 0.117. The fourth-order valence-electron chi connectivity index (χ4n) is 1.85. The first-order valence-electron chi connectivity index (χ1n) is 7.26. The molecule has 0 saturated heterocycles.